The van der Waals surface area contributed by atoms with Gasteiger partial charge in [-0.25, -0.2) is 0 Å². The molecule has 1 aliphatic rings. The van der Waals surface area contributed by atoms with Gasteiger partial charge >= 0.3 is 0 Å². The second-order valence-corrected chi connectivity index (χ2v) is 6.62. The highest BCUT2D eigenvalue weighted by Crippen LogP contribution is 2.17. The molecule has 0 spiro atoms. The van der Waals surface area contributed by atoms with E-state index in [1.54, 1.807) is 12.1 Å². The Kier molecular flexibility index (Phi) is 7.09. The van der Waals surface area contributed by atoms with E-state index in [4.69, 9.17) is 0 Å². The summed E-state index contributed by atoms with van der Waals surface area (Å²) >= 11 is 0. The van der Waals surface area contributed by atoms with Crippen LogP contribution in [0.25, 0.3) is 0 Å². The maximum atomic E-state index is 12.1. The highest BCUT2D eigenvalue weighted by Gasteiger charge is 2.15. The Morgan fingerprint density at radius 3 is 2.67 bits per heavy atom. The third kappa shape index (κ3) is 5.87. The summed E-state index contributed by atoms with van der Waals surface area (Å²) < 4.78 is 0. The third-order valence-corrected chi connectivity index (χ3v) is 4.54. The molecule has 1 atom stereocenters. The summed E-state index contributed by atoms with van der Waals surface area (Å²) in [5, 5.41) is 9.13. The Balaban J connectivity index is 1.82. The van der Waals surface area contributed by atoms with Crippen molar-refractivity contribution in [2.75, 3.05) is 11.9 Å². The van der Waals surface area contributed by atoms with Crippen molar-refractivity contribution >= 4 is 17.5 Å². The van der Waals surface area contributed by atoms with E-state index in [1.165, 1.54) is 19.3 Å². The number of anilines is 1. The molecule has 0 saturated heterocycles. The quantitative estimate of drug-likeness (QED) is 0.719. The lowest BCUT2D eigenvalue weighted by Crippen LogP contribution is -2.39. The molecule has 5 nitrogen and oxygen atoms in total. The van der Waals surface area contributed by atoms with Gasteiger partial charge in [-0.1, -0.05) is 32.3 Å². The van der Waals surface area contributed by atoms with E-state index in [1.807, 2.05) is 26.0 Å². The van der Waals surface area contributed by atoms with Gasteiger partial charge in [0.25, 0.3) is 5.91 Å². The van der Waals surface area contributed by atoms with Gasteiger partial charge in [0, 0.05) is 23.3 Å². The predicted octanol–water partition coefficient (Wildman–Crippen LogP) is 3.08. The van der Waals surface area contributed by atoms with Crippen LogP contribution in [0.2, 0.25) is 0 Å². The van der Waals surface area contributed by atoms with Gasteiger partial charge in [0.05, 0.1) is 6.54 Å². The lowest BCUT2D eigenvalue weighted by Gasteiger charge is -2.22. The first-order valence-electron chi connectivity index (χ1n) is 9.02. The van der Waals surface area contributed by atoms with Gasteiger partial charge in [-0.05, 0) is 44.4 Å². The molecule has 1 unspecified atom stereocenters. The number of carbonyl (C=O) groups is 2. The van der Waals surface area contributed by atoms with Gasteiger partial charge in [0.2, 0.25) is 5.91 Å². The fraction of sp³-hybridized carbons (Fsp3) is 0.579. The van der Waals surface area contributed by atoms with Crippen molar-refractivity contribution in [1.29, 1.82) is 0 Å². The van der Waals surface area contributed by atoms with Crippen LogP contribution in [0.5, 0.6) is 0 Å². The van der Waals surface area contributed by atoms with Crippen LogP contribution >= 0.6 is 0 Å². The lowest BCUT2D eigenvalue weighted by atomic mass is 9.95. The molecule has 1 saturated carbocycles. The standard InChI is InChI=1S/C19H29N3O2/c1-3-14(2)21-19(24)15-8-7-11-17(12-15)20-13-18(23)22-16-9-5-4-6-10-16/h7-8,11-12,14,16,20H,3-6,9-10,13H2,1-2H3,(H,21,24)(H,22,23). The van der Waals surface area contributed by atoms with E-state index in [0.29, 0.717) is 11.6 Å². The molecule has 1 aromatic rings. The van der Waals surface area contributed by atoms with Crippen molar-refractivity contribution in [1.82, 2.24) is 10.6 Å². The summed E-state index contributed by atoms with van der Waals surface area (Å²) in [6.07, 6.45) is 6.73. The third-order valence-electron chi connectivity index (χ3n) is 4.54. The zero-order valence-corrected chi connectivity index (χ0v) is 14.7. The van der Waals surface area contributed by atoms with Crippen molar-refractivity contribution in [2.45, 2.75) is 64.5 Å². The smallest absolute Gasteiger partial charge is 0.251 e. The lowest BCUT2D eigenvalue weighted by molar-refractivity contribution is -0.120. The van der Waals surface area contributed by atoms with Crippen molar-refractivity contribution in [3.8, 4) is 0 Å². The molecule has 24 heavy (non-hydrogen) atoms. The molecule has 0 heterocycles. The Bertz CT molecular complexity index is 553. The zero-order valence-electron chi connectivity index (χ0n) is 14.7. The van der Waals surface area contributed by atoms with Crippen molar-refractivity contribution in [3.63, 3.8) is 0 Å². The summed E-state index contributed by atoms with van der Waals surface area (Å²) in [6.45, 7) is 4.25. The molecule has 5 heteroatoms. The number of amides is 2. The summed E-state index contributed by atoms with van der Waals surface area (Å²) in [7, 11) is 0. The van der Waals surface area contributed by atoms with Gasteiger partial charge < -0.3 is 16.0 Å². The number of carbonyl (C=O) groups excluding carboxylic acids is 2. The number of nitrogens with one attached hydrogen (secondary N) is 3. The second-order valence-electron chi connectivity index (χ2n) is 6.62. The SMILES string of the molecule is CCC(C)NC(=O)c1cccc(NCC(=O)NC2CCCCC2)c1. The highest BCUT2D eigenvalue weighted by molar-refractivity contribution is 5.95. The van der Waals surface area contributed by atoms with Crippen LogP contribution in [0, 0.1) is 0 Å². The normalized spacial score (nSPS) is 16.2. The van der Waals surface area contributed by atoms with Gasteiger partial charge in [-0.15, -0.1) is 0 Å². The number of hydrogen-bond donors (Lipinski definition) is 3. The Hall–Kier alpha value is -2.04. The monoisotopic (exact) mass is 331 g/mol. The van der Waals surface area contributed by atoms with Crippen LogP contribution in [0.15, 0.2) is 24.3 Å². The molecule has 2 amide bonds. The molecule has 0 radical (unpaired) electrons. The number of hydrogen-bond acceptors (Lipinski definition) is 3. The van der Waals surface area contributed by atoms with Crippen molar-refractivity contribution in [3.05, 3.63) is 29.8 Å². The van der Waals surface area contributed by atoms with E-state index in [9.17, 15) is 9.59 Å². The first kappa shape index (κ1) is 18.3. The van der Waals surface area contributed by atoms with Crippen molar-refractivity contribution < 1.29 is 9.59 Å². The minimum absolute atomic E-state index is 0.0105. The van der Waals surface area contributed by atoms with Gasteiger partial charge in [-0.2, -0.15) is 0 Å². The van der Waals surface area contributed by atoms with Gasteiger partial charge in [0.15, 0.2) is 0 Å². The minimum atomic E-state index is -0.0837. The zero-order chi connectivity index (χ0) is 17.4. The van der Waals surface area contributed by atoms with Gasteiger partial charge in [0.1, 0.15) is 0 Å². The van der Waals surface area contributed by atoms with E-state index in [-0.39, 0.29) is 24.4 Å². The maximum absolute atomic E-state index is 12.1. The largest absolute Gasteiger partial charge is 0.376 e. The van der Waals surface area contributed by atoms with Crippen LogP contribution in [-0.4, -0.2) is 30.4 Å². The molecule has 2 rings (SSSR count). The molecular weight excluding hydrogens is 302 g/mol. The topological polar surface area (TPSA) is 70.2 Å². The number of benzene rings is 1. The van der Waals surface area contributed by atoms with E-state index in [0.717, 1.165) is 24.9 Å². The van der Waals surface area contributed by atoms with E-state index in [2.05, 4.69) is 16.0 Å². The molecule has 0 aromatic heterocycles. The van der Waals surface area contributed by atoms with Crippen LogP contribution in [0.1, 0.15) is 62.7 Å². The Morgan fingerprint density at radius 2 is 1.96 bits per heavy atom. The summed E-state index contributed by atoms with van der Waals surface area (Å²) in [5.74, 6) is -0.0731. The van der Waals surface area contributed by atoms with E-state index < -0.39 is 0 Å². The average molecular weight is 331 g/mol. The maximum Gasteiger partial charge on any atom is 0.251 e. The summed E-state index contributed by atoms with van der Waals surface area (Å²) in [4.78, 5) is 24.2. The molecule has 132 valence electrons. The van der Waals surface area contributed by atoms with Crippen LogP contribution < -0.4 is 16.0 Å². The van der Waals surface area contributed by atoms with E-state index >= 15 is 0 Å². The molecular formula is C19H29N3O2. The molecule has 1 aromatic carbocycles. The fourth-order valence-corrected chi connectivity index (χ4v) is 2.89. The summed E-state index contributed by atoms with van der Waals surface area (Å²) in [6, 6.07) is 7.73. The van der Waals surface area contributed by atoms with Gasteiger partial charge in [-0.3, -0.25) is 9.59 Å². The van der Waals surface area contributed by atoms with Crippen LogP contribution in [-0.2, 0) is 4.79 Å². The Morgan fingerprint density at radius 1 is 1.21 bits per heavy atom. The molecule has 1 fully saturated rings. The first-order chi connectivity index (χ1) is 11.6. The summed E-state index contributed by atoms with van der Waals surface area (Å²) in [5.41, 5.74) is 1.39. The minimum Gasteiger partial charge on any atom is -0.376 e. The predicted molar refractivity (Wildman–Crippen MR) is 97.2 cm³/mol. The second kappa shape index (κ2) is 9.30. The fourth-order valence-electron chi connectivity index (χ4n) is 2.89. The molecule has 1 aliphatic carbocycles. The molecule has 3 N–H and O–H groups in total. The average Bonchev–Trinajstić information content (AvgIpc) is 2.61. The van der Waals surface area contributed by atoms with Crippen LogP contribution in [0.3, 0.4) is 0 Å². The van der Waals surface area contributed by atoms with Crippen LogP contribution in [0.4, 0.5) is 5.69 Å². The Labute approximate surface area is 144 Å². The molecule has 0 aliphatic heterocycles. The number of rotatable bonds is 7. The molecule has 0 bridgehead atoms. The highest BCUT2D eigenvalue weighted by atomic mass is 16.2. The van der Waals surface area contributed by atoms with Crippen molar-refractivity contribution in [2.24, 2.45) is 0 Å². The first-order valence-corrected chi connectivity index (χ1v) is 9.02.